The lowest BCUT2D eigenvalue weighted by atomic mass is 9.89. The molecule has 1 aromatic rings. The third-order valence-corrected chi connectivity index (χ3v) is 5.13. The Balaban J connectivity index is 0.00000208. The quantitative estimate of drug-likeness (QED) is 0.888. The van der Waals surface area contributed by atoms with E-state index in [1.165, 1.54) is 0 Å². The van der Waals surface area contributed by atoms with Gasteiger partial charge in [-0.1, -0.05) is 30.3 Å². The van der Waals surface area contributed by atoms with Crippen molar-refractivity contribution in [3.63, 3.8) is 0 Å². The predicted octanol–water partition coefficient (Wildman–Crippen LogP) is 3.18. The van der Waals surface area contributed by atoms with Gasteiger partial charge in [0, 0.05) is 12.0 Å². The maximum absolute atomic E-state index is 13.1. The molecule has 4 nitrogen and oxygen atoms in total. The number of benzene rings is 1. The molecule has 0 aliphatic carbocycles. The summed E-state index contributed by atoms with van der Waals surface area (Å²) in [6.45, 7) is 8.54. The lowest BCUT2D eigenvalue weighted by molar-refractivity contribution is -0.160. The molecule has 5 heteroatoms. The van der Waals surface area contributed by atoms with Gasteiger partial charge in [-0.15, -0.1) is 12.4 Å². The third kappa shape index (κ3) is 4.11. The second-order valence-corrected chi connectivity index (χ2v) is 7.55. The van der Waals surface area contributed by atoms with Crippen LogP contribution in [0.25, 0.3) is 0 Å². The Bertz CT molecular complexity index is 550. The number of morpholine rings is 1. The number of carbonyl (C=O) groups is 1. The maximum atomic E-state index is 13.1. The number of amides is 1. The van der Waals surface area contributed by atoms with Crippen LogP contribution in [0.3, 0.4) is 0 Å². The first-order valence-electron chi connectivity index (χ1n) is 8.69. The molecule has 2 aliphatic heterocycles. The van der Waals surface area contributed by atoms with Gasteiger partial charge in [0.05, 0.1) is 18.7 Å². The van der Waals surface area contributed by atoms with Crippen LogP contribution in [0.2, 0.25) is 0 Å². The molecule has 1 amide bonds. The van der Waals surface area contributed by atoms with Crippen molar-refractivity contribution in [3.8, 4) is 0 Å². The fraction of sp³-hybridized carbons (Fsp3) is 0.632. The summed E-state index contributed by atoms with van der Waals surface area (Å²) < 4.78 is 6.06. The van der Waals surface area contributed by atoms with Crippen molar-refractivity contribution in [2.45, 2.75) is 51.3 Å². The van der Waals surface area contributed by atoms with Gasteiger partial charge in [0.15, 0.2) is 0 Å². The van der Waals surface area contributed by atoms with Crippen LogP contribution < -0.4 is 5.32 Å². The summed E-state index contributed by atoms with van der Waals surface area (Å²) >= 11 is 0. The number of rotatable bonds is 2. The van der Waals surface area contributed by atoms with Crippen molar-refractivity contribution in [2.75, 3.05) is 19.7 Å². The predicted molar refractivity (Wildman–Crippen MR) is 98.4 cm³/mol. The molecule has 1 unspecified atom stereocenters. The molecule has 1 N–H and O–H groups in total. The molecule has 3 atom stereocenters. The number of halogens is 1. The average molecular weight is 353 g/mol. The summed E-state index contributed by atoms with van der Waals surface area (Å²) in [7, 11) is 0. The fourth-order valence-electron chi connectivity index (χ4n) is 3.68. The maximum Gasteiger partial charge on any atom is 0.226 e. The minimum atomic E-state index is -0.240. The van der Waals surface area contributed by atoms with Gasteiger partial charge in [-0.3, -0.25) is 4.79 Å². The molecule has 2 saturated heterocycles. The Kier molecular flexibility index (Phi) is 6.29. The molecular formula is C19H29ClN2O2. The van der Waals surface area contributed by atoms with E-state index in [1.54, 1.807) is 0 Å². The standard InChI is InChI=1S/C19H28N2O2.ClH/c1-14-11-16(9-10-20-14)18(22)21-12-17(23-13-19(21,2)3)15-7-5-4-6-8-15;/h4-8,14,16-17,20H,9-13H2,1-3H3;1H/t14-,16-,17?;/m0./s1. The van der Waals surface area contributed by atoms with Gasteiger partial charge in [-0.2, -0.15) is 0 Å². The first-order valence-corrected chi connectivity index (χ1v) is 8.69. The van der Waals surface area contributed by atoms with Gasteiger partial charge < -0.3 is 15.0 Å². The van der Waals surface area contributed by atoms with Crippen LogP contribution in [-0.2, 0) is 9.53 Å². The minimum Gasteiger partial charge on any atom is -0.369 e. The lowest BCUT2D eigenvalue weighted by Crippen LogP contribution is -2.58. The Morgan fingerprint density at radius 3 is 2.67 bits per heavy atom. The number of carbonyl (C=O) groups excluding carboxylic acids is 1. The van der Waals surface area contributed by atoms with Crippen LogP contribution in [0, 0.1) is 5.92 Å². The zero-order valence-corrected chi connectivity index (χ0v) is 15.6. The monoisotopic (exact) mass is 352 g/mol. The molecule has 1 aromatic carbocycles. The minimum absolute atomic E-state index is 0. The molecule has 2 fully saturated rings. The summed E-state index contributed by atoms with van der Waals surface area (Å²) in [4.78, 5) is 15.2. The first-order chi connectivity index (χ1) is 11.0. The van der Waals surface area contributed by atoms with Crippen molar-refractivity contribution in [1.82, 2.24) is 10.2 Å². The Morgan fingerprint density at radius 1 is 1.29 bits per heavy atom. The highest BCUT2D eigenvalue weighted by Gasteiger charge is 2.41. The SMILES string of the molecule is C[C@H]1C[C@@H](C(=O)N2CC(c3ccccc3)OCC2(C)C)CCN1.Cl. The number of piperidine rings is 1. The highest BCUT2D eigenvalue weighted by Crippen LogP contribution is 2.32. The molecule has 0 radical (unpaired) electrons. The van der Waals surface area contributed by atoms with Crippen LogP contribution >= 0.6 is 12.4 Å². The van der Waals surface area contributed by atoms with Crippen LogP contribution in [-0.4, -0.2) is 42.1 Å². The Labute approximate surface area is 151 Å². The molecule has 3 rings (SSSR count). The third-order valence-electron chi connectivity index (χ3n) is 5.13. The van der Waals surface area contributed by atoms with E-state index in [1.807, 2.05) is 18.2 Å². The molecular weight excluding hydrogens is 324 g/mol. The molecule has 0 saturated carbocycles. The number of hydrogen-bond acceptors (Lipinski definition) is 3. The zero-order chi connectivity index (χ0) is 16.4. The molecule has 2 heterocycles. The molecule has 134 valence electrons. The number of hydrogen-bond donors (Lipinski definition) is 1. The van der Waals surface area contributed by atoms with Gasteiger partial charge in [0.2, 0.25) is 5.91 Å². The molecule has 2 aliphatic rings. The van der Waals surface area contributed by atoms with Crippen molar-refractivity contribution in [2.24, 2.45) is 5.92 Å². The van der Waals surface area contributed by atoms with Crippen LogP contribution in [0.1, 0.15) is 45.3 Å². The van der Waals surface area contributed by atoms with Crippen molar-refractivity contribution in [1.29, 1.82) is 0 Å². The summed E-state index contributed by atoms with van der Waals surface area (Å²) in [5.74, 6) is 0.438. The molecule has 0 aromatic heterocycles. The van der Waals surface area contributed by atoms with E-state index in [9.17, 15) is 4.79 Å². The van der Waals surface area contributed by atoms with Gasteiger partial charge >= 0.3 is 0 Å². The van der Waals surface area contributed by atoms with E-state index in [0.29, 0.717) is 25.1 Å². The van der Waals surface area contributed by atoms with E-state index >= 15 is 0 Å². The topological polar surface area (TPSA) is 41.6 Å². The first kappa shape index (κ1) is 19.2. The fourth-order valence-corrected chi connectivity index (χ4v) is 3.68. The summed E-state index contributed by atoms with van der Waals surface area (Å²) in [6, 6.07) is 10.6. The van der Waals surface area contributed by atoms with Crippen molar-refractivity contribution < 1.29 is 9.53 Å². The van der Waals surface area contributed by atoms with E-state index in [-0.39, 0.29) is 30.0 Å². The highest BCUT2D eigenvalue weighted by molar-refractivity contribution is 5.85. The van der Waals surface area contributed by atoms with E-state index in [4.69, 9.17) is 4.74 Å². The molecule has 0 spiro atoms. The summed E-state index contributed by atoms with van der Waals surface area (Å²) in [6.07, 6.45) is 1.85. The van der Waals surface area contributed by atoms with Gasteiger partial charge in [0.1, 0.15) is 6.10 Å². The Hall–Kier alpha value is -1.10. The van der Waals surface area contributed by atoms with Crippen LogP contribution in [0.5, 0.6) is 0 Å². The normalized spacial score (nSPS) is 29.6. The number of nitrogens with zero attached hydrogens (tertiary/aromatic N) is 1. The summed E-state index contributed by atoms with van der Waals surface area (Å²) in [5, 5.41) is 3.43. The largest absolute Gasteiger partial charge is 0.369 e. The van der Waals surface area contributed by atoms with Crippen molar-refractivity contribution >= 4 is 18.3 Å². The smallest absolute Gasteiger partial charge is 0.226 e. The van der Waals surface area contributed by atoms with Crippen LogP contribution in [0.15, 0.2) is 30.3 Å². The van der Waals surface area contributed by atoms with Gasteiger partial charge in [-0.05, 0) is 45.7 Å². The van der Waals surface area contributed by atoms with Gasteiger partial charge in [-0.25, -0.2) is 0 Å². The van der Waals surface area contributed by atoms with Crippen molar-refractivity contribution in [3.05, 3.63) is 35.9 Å². The number of ether oxygens (including phenoxy) is 1. The Morgan fingerprint density at radius 2 is 2.00 bits per heavy atom. The zero-order valence-electron chi connectivity index (χ0n) is 14.8. The highest BCUT2D eigenvalue weighted by atomic mass is 35.5. The van der Waals surface area contributed by atoms with Gasteiger partial charge in [0.25, 0.3) is 0 Å². The van der Waals surface area contributed by atoms with E-state index in [0.717, 1.165) is 24.9 Å². The lowest BCUT2D eigenvalue weighted by Gasteiger charge is -2.47. The second kappa shape index (κ2) is 7.85. The summed E-state index contributed by atoms with van der Waals surface area (Å²) in [5.41, 5.74) is 0.913. The number of nitrogens with one attached hydrogen (secondary N) is 1. The van der Waals surface area contributed by atoms with E-state index in [2.05, 4.69) is 43.1 Å². The average Bonchev–Trinajstić information content (AvgIpc) is 2.55. The van der Waals surface area contributed by atoms with E-state index < -0.39 is 0 Å². The second-order valence-electron chi connectivity index (χ2n) is 7.55. The molecule has 0 bridgehead atoms. The molecule has 24 heavy (non-hydrogen) atoms. The van der Waals surface area contributed by atoms with Crippen LogP contribution in [0.4, 0.5) is 0 Å².